The van der Waals surface area contributed by atoms with Crippen molar-refractivity contribution in [2.45, 2.75) is 18.2 Å². The summed E-state index contributed by atoms with van der Waals surface area (Å²) in [6.07, 6.45) is 3.41. The molecule has 3 aromatic rings. The molecule has 0 radical (unpaired) electrons. The van der Waals surface area contributed by atoms with Crippen LogP contribution in [0.25, 0.3) is 11.0 Å². The van der Waals surface area contributed by atoms with Gasteiger partial charge >= 0.3 is 0 Å². The van der Waals surface area contributed by atoms with Crippen LogP contribution in [0.4, 0.5) is 4.39 Å². The predicted molar refractivity (Wildman–Crippen MR) is 84.0 cm³/mol. The minimum absolute atomic E-state index is 0.000364. The third kappa shape index (κ3) is 3.11. The Balaban J connectivity index is 1.80. The van der Waals surface area contributed by atoms with E-state index in [2.05, 4.69) is 9.71 Å². The van der Waals surface area contributed by atoms with Gasteiger partial charge in [-0.05, 0) is 36.8 Å². The lowest BCUT2D eigenvalue weighted by atomic mass is 10.2. The highest BCUT2D eigenvalue weighted by Crippen LogP contribution is 2.26. The molecule has 0 saturated heterocycles. The van der Waals surface area contributed by atoms with Crippen molar-refractivity contribution in [3.63, 3.8) is 0 Å². The van der Waals surface area contributed by atoms with Crippen LogP contribution in [-0.4, -0.2) is 19.9 Å². The summed E-state index contributed by atoms with van der Waals surface area (Å²) in [4.78, 5) is 4.22. The van der Waals surface area contributed by atoms with Crippen LogP contribution in [-0.2, 0) is 16.4 Å². The van der Waals surface area contributed by atoms with E-state index >= 15 is 0 Å². The largest absolute Gasteiger partial charge is 0.461 e. The summed E-state index contributed by atoms with van der Waals surface area (Å²) in [5, 5.41) is 0.228. The van der Waals surface area contributed by atoms with E-state index in [0.717, 1.165) is 17.3 Å². The normalized spacial score (nSPS) is 11.9. The number of aryl methyl sites for hydroxylation is 1. The van der Waals surface area contributed by atoms with Crippen molar-refractivity contribution in [2.24, 2.45) is 0 Å². The number of nitrogens with zero attached hydrogens (tertiary/aromatic N) is 1. The smallest absolute Gasteiger partial charge is 0.241 e. The van der Waals surface area contributed by atoms with Crippen molar-refractivity contribution >= 4 is 21.0 Å². The molecule has 120 valence electrons. The monoisotopic (exact) mass is 334 g/mol. The molecular formula is C16H15FN2O3S. The number of pyridine rings is 1. The van der Waals surface area contributed by atoms with E-state index in [9.17, 15) is 12.8 Å². The van der Waals surface area contributed by atoms with Gasteiger partial charge in [-0.25, -0.2) is 17.5 Å². The van der Waals surface area contributed by atoms with Crippen molar-refractivity contribution in [1.82, 2.24) is 9.71 Å². The van der Waals surface area contributed by atoms with Gasteiger partial charge in [0.25, 0.3) is 0 Å². The number of furan rings is 1. The van der Waals surface area contributed by atoms with Crippen LogP contribution in [0.2, 0.25) is 0 Å². The van der Waals surface area contributed by atoms with Crippen LogP contribution in [0.5, 0.6) is 0 Å². The molecule has 0 saturated carbocycles. The third-order valence-corrected chi connectivity index (χ3v) is 5.11. The van der Waals surface area contributed by atoms with Crippen LogP contribution in [0.1, 0.15) is 11.3 Å². The van der Waals surface area contributed by atoms with E-state index in [1.165, 1.54) is 18.4 Å². The predicted octanol–water partition coefficient (Wildman–Crippen LogP) is 2.80. The maximum absolute atomic E-state index is 13.6. The molecule has 0 bridgehead atoms. The van der Waals surface area contributed by atoms with Crippen LogP contribution >= 0.6 is 0 Å². The summed E-state index contributed by atoms with van der Waals surface area (Å²) < 4.78 is 46.0. The Morgan fingerprint density at radius 3 is 2.87 bits per heavy atom. The number of aromatic nitrogens is 1. The Kier molecular flexibility index (Phi) is 4.14. The first-order chi connectivity index (χ1) is 11.0. The Bertz CT molecular complexity index is 951. The van der Waals surface area contributed by atoms with E-state index < -0.39 is 15.8 Å². The molecule has 1 aromatic carbocycles. The number of halogens is 1. The summed E-state index contributed by atoms with van der Waals surface area (Å²) >= 11 is 0. The van der Waals surface area contributed by atoms with E-state index in [4.69, 9.17) is 4.42 Å². The molecule has 2 heterocycles. The fourth-order valence-corrected chi connectivity index (χ4v) is 3.62. The van der Waals surface area contributed by atoms with Gasteiger partial charge in [-0.1, -0.05) is 6.07 Å². The molecule has 0 amide bonds. The zero-order valence-corrected chi connectivity index (χ0v) is 13.2. The van der Waals surface area contributed by atoms with Gasteiger partial charge in [0.2, 0.25) is 10.0 Å². The summed E-state index contributed by atoms with van der Waals surface area (Å²) in [5.74, 6) is -0.590. The quantitative estimate of drug-likeness (QED) is 0.779. The fourth-order valence-electron chi connectivity index (χ4n) is 2.40. The zero-order valence-electron chi connectivity index (χ0n) is 12.4. The van der Waals surface area contributed by atoms with Gasteiger partial charge in [-0.2, -0.15) is 0 Å². The number of hydrogen-bond donors (Lipinski definition) is 1. The maximum Gasteiger partial charge on any atom is 0.241 e. The molecular weight excluding hydrogens is 319 g/mol. The second-order valence-electron chi connectivity index (χ2n) is 5.12. The fraction of sp³-hybridized carbons (Fsp3) is 0.188. The highest BCUT2D eigenvalue weighted by molar-refractivity contribution is 7.89. The average Bonchev–Trinajstić information content (AvgIpc) is 2.99. The van der Waals surface area contributed by atoms with Crippen molar-refractivity contribution in [2.75, 3.05) is 6.54 Å². The second-order valence-corrected chi connectivity index (χ2v) is 6.86. The molecule has 0 spiro atoms. The molecule has 5 nitrogen and oxygen atoms in total. The lowest BCUT2D eigenvalue weighted by Crippen LogP contribution is -2.26. The molecule has 2 aromatic heterocycles. The van der Waals surface area contributed by atoms with Crippen molar-refractivity contribution in [3.8, 4) is 0 Å². The molecule has 0 aliphatic heterocycles. The highest BCUT2D eigenvalue weighted by Gasteiger charge is 2.20. The average molecular weight is 334 g/mol. The van der Waals surface area contributed by atoms with Gasteiger partial charge in [-0.15, -0.1) is 0 Å². The Morgan fingerprint density at radius 1 is 1.26 bits per heavy atom. The van der Waals surface area contributed by atoms with Gasteiger partial charge in [0.15, 0.2) is 11.4 Å². The summed E-state index contributed by atoms with van der Waals surface area (Å²) in [6, 6.07) is 7.52. The summed E-state index contributed by atoms with van der Waals surface area (Å²) in [7, 11) is -3.76. The zero-order chi connectivity index (χ0) is 16.4. The first-order valence-electron chi connectivity index (χ1n) is 7.05. The van der Waals surface area contributed by atoms with Crippen LogP contribution < -0.4 is 4.72 Å². The Morgan fingerprint density at radius 2 is 2.09 bits per heavy atom. The molecule has 1 N–H and O–H groups in total. The molecule has 0 fully saturated rings. The van der Waals surface area contributed by atoms with E-state index in [0.29, 0.717) is 6.42 Å². The van der Waals surface area contributed by atoms with Crippen LogP contribution in [0.15, 0.2) is 52.1 Å². The van der Waals surface area contributed by atoms with E-state index in [1.807, 2.05) is 19.1 Å². The first-order valence-corrected chi connectivity index (χ1v) is 8.53. The molecule has 0 unspecified atom stereocenters. The molecule has 0 aliphatic rings. The minimum Gasteiger partial charge on any atom is -0.461 e. The number of nitrogens with one attached hydrogen (secondary N) is 1. The lowest BCUT2D eigenvalue weighted by molar-refractivity contribution is 0.558. The van der Waals surface area contributed by atoms with E-state index in [1.54, 1.807) is 6.20 Å². The molecule has 3 rings (SSSR count). The Labute approximate surface area is 133 Å². The number of benzene rings is 1. The first kappa shape index (κ1) is 15.6. The highest BCUT2D eigenvalue weighted by atomic mass is 32.2. The van der Waals surface area contributed by atoms with Gasteiger partial charge in [0, 0.05) is 30.2 Å². The number of fused-ring (bicyclic) bond motifs is 1. The topological polar surface area (TPSA) is 72.2 Å². The van der Waals surface area contributed by atoms with E-state index in [-0.39, 0.29) is 22.4 Å². The molecule has 7 heteroatoms. The molecule has 23 heavy (non-hydrogen) atoms. The maximum atomic E-state index is 13.6. The van der Waals surface area contributed by atoms with Crippen LogP contribution in [0.3, 0.4) is 0 Å². The van der Waals surface area contributed by atoms with Crippen molar-refractivity contribution < 1.29 is 17.2 Å². The minimum atomic E-state index is -3.76. The number of hydrogen-bond acceptors (Lipinski definition) is 4. The van der Waals surface area contributed by atoms with Crippen LogP contribution in [0, 0.1) is 12.7 Å². The SMILES string of the molecule is Cc1cccnc1CCNS(=O)(=O)c1ccc(F)c2occc12. The number of sulfonamides is 1. The summed E-state index contributed by atoms with van der Waals surface area (Å²) in [6.45, 7) is 2.13. The number of rotatable bonds is 5. The van der Waals surface area contributed by atoms with Gasteiger partial charge in [-0.3, -0.25) is 4.98 Å². The molecule has 0 aliphatic carbocycles. The van der Waals surface area contributed by atoms with Crippen molar-refractivity contribution in [1.29, 1.82) is 0 Å². The lowest BCUT2D eigenvalue weighted by Gasteiger charge is -2.08. The van der Waals surface area contributed by atoms with Gasteiger partial charge in [0.05, 0.1) is 11.2 Å². The summed E-state index contributed by atoms with van der Waals surface area (Å²) in [5.41, 5.74) is 1.78. The standard InChI is InChI=1S/C16H15FN2O3S/c1-11-3-2-8-18-14(11)6-9-19-23(20,21)15-5-4-13(17)16-12(15)7-10-22-16/h2-5,7-8,10,19H,6,9H2,1H3. The van der Waals surface area contributed by atoms with Gasteiger partial charge in [0.1, 0.15) is 0 Å². The third-order valence-electron chi connectivity index (χ3n) is 3.59. The molecule has 0 atom stereocenters. The van der Waals surface area contributed by atoms with Gasteiger partial charge < -0.3 is 4.42 Å². The van der Waals surface area contributed by atoms with Crippen molar-refractivity contribution in [3.05, 3.63) is 59.9 Å². The Hall–Kier alpha value is -2.25. The second kappa shape index (κ2) is 6.10.